The van der Waals surface area contributed by atoms with Crippen LogP contribution in [0.3, 0.4) is 0 Å². The van der Waals surface area contributed by atoms with Gasteiger partial charge < -0.3 is 15.0 Å². The van der Waals surface area contributed by atoms with Crippen molar-refractivity contribution in [3.8, 4) is 0 Å². The number of benzene rings is 1. The quantitative estimate of drug-likeness (QED) is 0.844. The molecule has 1 aromatic heterocycles. The van der Waals surface area contributed by atoms with Crippen molar-refractivity contribution in [2.45, 2.75) is 18.9 Å². The highest BCUT2D eigenvalue weighted by atomic mass is 16.4. The van der Waals surface area contributed by atoms with E-state index in [9.17, 15) is 14.4 Å². The number of nitrogens with one attached hydrogen (secondary N) is 1. The largest absolute Gasteiger partial charge is 0.480 e. The second-order valence-corrected chi connectivity index (χ2v) is 5.50. The van der Waals surface area contributed by atoms with Gasteiger partial charge in [0.15, 0.2) is 5.78 Å². The molecule has 0 radical (unpaired) electrons. The maximum absolute atomic E-state index is 12.4. The lowest BCUT2D eigenvalue weighted by Gasteiger charge is -2.21. The summed E-state index contributed by atoms with van der Waals surface area (Å²) in [6.45, 7) is 0.444. The summed E-state index contributed by atoms with van der Waals surface area (Å²) in [7, 11) is 0. The first-order chi connectivity index (χ1) is 11.1. The molecule has 1 atom stereocenters. The van der Waals surface area contributed by atoms with Gasteiger partial charge in [0.2, 0.25) is 0 Å². The van der Waals surface area contributed by atoms with Gasteiger partial charge in [-0.3, -0.25) is 9.59 Å². The van der Waals surface area contributed by atoms with Gasteiger partial charge in [0.05, 0.1) is 0 Å². The van der Waals surface area contributed by atoms with E-state index in [1.165, 1.54) is 4.90 Å². The molecule has 0 aliphatic carbocycles. The van der Waals surface area contributed by atoms with E-state index in [1.54, 1.807) is 42.7 Å². The van der Waals surface area contributed by atoms with Crippen LogP contribution in [-0.4, -0.2) is 45.2 Å². The van der Waals surface area contributed by atoms with Crippen molar-refractivity contribution in [3.63, 3.8) is 0 Å². The van der Waals surface area contributed by atoms with Crippen LogP contribution in [0, 0.1) is 0 Å². The smallest absolute Gasteiger partial charge is 0.326 e. The number of carboxylic acids is 1. The highest BCUT2D eigenvalue weighted by Gasteiger charge is 2.34. The summed E-state index contributed by atoms with van der Waals surface area (Å²) in [5, 5.41) is 9.16. The predicted octanol–water partition coefficient (Wildman–Crippen LogP) is 1.93. The number of aromatic amines is 1. The molecule has 1 amide bonds. The van der Waals surface area contributed by atoms with Crippen LogP contribution in [0.25, 0.3) is 0 Å². The fraction of sp³-hybridized carbons (Fsp3) is 0.235. The Kier molecular flexibility index (Phi) is 3.97. The van der Waals surface area contributed by atoms with Crippen LogP contribution in [0.5, 0.6) is 0 Å². The minimum Gasteiger partial charge on any atom is -0.480 e. The number of nitrogens with zero attached hydrogens (tertiary/aromatic N) is 1. The molecule has 1 aliphatic heterocycles. The van der Waals surface area contributed by atoms with Crippen LogP contribution in [0.1, 0.15) is 39.1 Å². The van der Waals surface area contributed by atoms with Gasteiger partial charge in [-0.2, -0.15) is 0 Å². The molecule has 6 nitrogen and oxygen atoms in total. The summed E-state index contributed by atoms with van der Waals surface area (Å²) in [6, 6.07) is 7.24. The Labute approximate surface area is 132 Å². The molecular formula is C17H16N2O4. The number of carbonyl (C=O) groups excluding carboxylic acids is 2. The van der Waals surface area contributed by atoms with Crippen LogP contribution in [-0.2, 0) is 4.79 Å². The number of aromatic nitrogens is 1. The van der Waals surface area contributed by atoms with E-state index in [-0.39, 0.29) is 11.7 Å². The van der Waals surface area contributed by atoms with E-state index >= 15 is 0 Å². The standard InChI is InChI=1S/C17H16N2O4/c20-15(13-7-8-18-10-13)11-3-5-12(6-4-11)16(21)19-9-1-2-14(19)17(22)23/h3-8,10,14,18H,1-2,9H2,(H,22,23)/t14-/m1/s1. The second-order valence-electron chi connectivity index (χ2n) is 5.50. The Hall–Kier alpha value is -2.89. The van der Waals surface area contributed by atoms with Gasteiger partial charge in [0.25, 0.3) is 5.91 Å². The number of rotatable bonds is 4. The van der Waals surface area contributed by atoms with E-state index in [0.717, 1.165) is 0 Å². The molecule has 2 aromatic rings. The van der Waals surface area contributed by atoms with Gasteiger partial charge in [-0.15, -0.1) is 0 Å². The van der Waals surface area contributed by atoms with E-state index < -0.39 is 12.0 Å². The minimum absolute atomic E-state index is 0.130. The van der Waals surface area contributed by atoms with Crippen molar-refractivity contribution in [1.82, 2.24) is 9.88 Å². The van der Waals surface area contributed by atoms with Crippen LogP contribution < -0.4 is 0 Å². The Morgan fingerprint density at radius 3 is 2.35 bits per heavy atom. The van der Waals surface area contributed by atoms with Crippen LogP contribution in [0.4, 0.5) is 0 Å². The number of amides is 1. The zero-order valence-electron chi connectivity index (χ0n) is 12.4. The molecule has 0 spiro atoms. The van der Waals surface area contributed by atoms with Crippen molar-refractivity contribution in [2.75, 3.05) is 6.54 Å². The van der Waals surface area contributed by atoms with Gasteiger partial charge in [-0.1, -0.05) is 12.1 Å². The number of H-pyrrole nitrogens is 1. The topological polar surface area (TPSA) is 90.5 Å². The Balaban J connectivity index is 1.78. The van der Waals surface area contributed by atoms with Crippen molar-refractivity contribution < 1.29 is 19.5 Å². The van der Waals surface area contributed by atoms with Crippen molar-refractivity contribution in [3.05, 3.63) is 59.4 Å². The van der Waals surface area contributed by atoms with E-state index in [1.807, 2.05) is 0 Å². The van der Waals surface area contributed by atoms with Crippen molar-refractivity contribution in [1.29, 1.82) is 0 Å². The molecule has 6 heteroatoms. The third-order valence-corrected chi connectivity index (χ3v) is 4.05. The van der Waals surface area contributed by atoms with Crippen LogP contribution in [0.2, 0.25) is 0 Å². The molecule has 0 bridgehead atoms. The predicted molar refractivity (Wildman–Crippen MR) is 82.4 cm³/mol. The number of hydrogen-bond donors (Lipinski definition) is 2. The summed E-state index contributed by atoms with van der Waals surface area (Å²) in [4.78, 5) is 40.0. The van der Waals surface area contributed by atoms with E-state index in [4.69, 9.17) is 5.11 Å². The Morgan fingerprint density at radius 2 is 1.74 bits per heavy atom. The Bertz CT molecular complexity index is 734. The van der Waals surface area contributed by atoms with E-state index in [0.29, 0.717) is 36.1 Å². The highest BCUT2D eigenvalue weighted by molar-refractivity contribution is 6.09. The average Bonchev–Trinajstić information content (AvgIpc) is 3.24. The van der Waals surface area contributed by atoms with Gasteiger partial charge in [0.1, 0.15) is 6.04 Å². The summed E-state index contributed by atoms with van der Waals surface area (Å²) >= 11 is 0. The highest BCUT2D eigenvalue weighted by Crippen LogP contribution is 2.21. The second kappa shape index (κ2) is 6.08. The maximum atomic E-state index is 12.4. The lowest BCUT2D eigenvalue weighted by molar-refractivity contribution is -0.141. The molecule has 23 heavy (non-hydrogen) atoms. The minimum atomic E-state index is -0.977. The van der Waals surface area contributed by atoms with Crippen LogP contribution in [0.15, 0.2) is 42.7 Å². The number of hydrogen-bond acceptors (Lipinski definition) is 3. The molecule has 3 rings (SSSR count). The first-order valence-corrected chi connectivity index (χ1v) is 7.39. The molecule has 1 aliphatic rings. The first kappa shape index (κ1) is 15.0. The first-order valence-electron chi connectivity index (χ1n) is 7.39. The molecule has 2 heterocycles. The summed E-state index contributed by atoms with van der Waals surface area (Å²) in [6.07, 6.45) is 4.45. The third-order valence-electron chi connectivity index (χ3n) is 4.05. The van der Waals surface area contributed by atoms with Crippen LogP contribution >= 0.6 is 0 Å². The number of carboxylic acid groups (broad SMARTS) is 1. The molecule has 1 fully saturated rings. The Morgan fingerprint density at radius 1 is 1.04 bits per heavy atom. The molecule has 1 saturated heterocycles. The molecule has 0 unspecified atom stereocenters. The third kappa shape index (κ3) is 2.88. The monoisotopic (exact) mass is 312 g/mol. The van der Waals surface area contributed by atoms with Crippen molar-refractivity contribution >= 4 is 17.7 Å². The summed E-state index contributed by atoms with van der Waals surface area (Å²) < 4.78 is 0. The van der Waals surface area contributed by atoms with Gasteiger partial charge in [0, 0.05) is 35.6 Å². The zero-order valence-corrected chi connectivity index (χ0v) is 12.4. The van der Waals surface area contributed by atoms with Gasteiger partial charge in [-0.25, -0.2) is 4.79 Å². The summed E-state index contributed by atoms with van der Waals surface area (Å²) in [5.74, 6) is -1.42. The lowest BCUT2D eigenvalue weighted by Crippen LogP contribution is -2.40. The number of carbonyl (C=O) groups is 3. The number of ketones is 1. The maximum Gasteiger partial charge on any atom is 0.326 e. The molecular weight excluding hydrogens is 296 g/mol. The molecule has 2 N–H and O–H groups in total. The fourth-order valence-electron chi connectivity index (χ4n) is 2.83. The zero-order chi connectivity index (χ0) is 16.4. The van der Waals surface area contributed by atoms with Gasteiger partial charge in [-0.05, 0) is 31.0 Å². The fourth-order valence-corrected chi connectivity index (χ4v) is 2.83. The lowest BCUT2D eigenvalue weighted by atomic mass is 10.0. The summed E-state index contributed by atoms with van der Waals surface area (Å²) in [5.41, 5.74) is 1.43. The average molecular weight is 312 g/mol. The molecule has 118 valence electrons. The number of likely N-dealkylation sites (tertiary alicyclic amines) is 1. The van der Waals surface area contributed by atoms with Gasteiger partial charge >= 0.3 is 5.97 Å². The molecule has 0 saturated carbocycles. The normalized spacial score (nSPS) is 17.2. The van der Waals surface area contributed by atoms with Crippen molar-refractivity contribution in [2.24, 2.45) is 0 Å². The molecule has 1 aromatic carbocycles. The number of aliphatic carboxylic acids is 1. The van der Waals surface area contributed by atoms with E-state index in [2.05, 4.69) is 4.98 Å². The SMILES string of the molecule is O=C(c1ccc(C(=O)N2CCC[C@@H]2C(=O)O)cc1)c1cc[nH]c1.